The van der Waals surface area contributed by atoms with Crippen LogP contribution in [0, 0.1) is 0 Å². The summed E-state index contributed by atoms with van der Waals surface area (Å²) in [5.74, 6) is 0.187. The molecule has 0 spiro atoms. The highest BCUT2D eigenvalue weighted by molar-refractivity contribution is 7.80. The molecule has 1 aromatic heterocycles. The standard InChI is InChI=1S/C23H18ClN3O2S/c1-2-14-7-12-20-19(13-14)26-22(29-20)15-8-10-16(11-9-15)25-23(30)27-21(28)17-5-3-4-6-18(17)24/h3-13H,2H2,1H3,(H2,25,27,28,30). The third kappa shape index (κ3) is 4.35. The number of aryl methyl sites for hydroxylation is 1. The second kappa shape index (κ2) is 8.65. The van der Waals surface area contributed by atoms with Crippen LogP contribution in [0.4, 0.5) is 5.69 Å². The predicted molar refractivity (Wildman–Crippen MR) is 124 cm³/mol. The summed E-state index contributed by atoms with van der Waals surface area (Å²) in [6.45, 7) is 2.11. The Bertz CT molecular complexity index is 1230. The molecule has 0 unspecified atom stereocenters. The number of hydrogen-bond acceptors (Lipinski definition) is 4. The molecule has 7 heteroatoms. The molecular weight excluding hydrogens is 418 g/mol. The van der Waals surface area contributed by atoms with E-state index in [-0.39, 0.29) is 11.0 Å². The molecule has 0 aliphatic rings. The first-order valence-corrected chi connectivity index (χ1v) is 10.2. The van der Waals surface area contributed by atoms with Crippen molar-refractivity contribution in [3.05, 3.63) is 82.9 Å². The summed E-state index contributed by atoms with van der Waals surface area (Å²) >= 11 is 11.3. The van der Waals surface area contributed by atoms with Crippen molar-refractivity contribution in [1.82, 2.24) is 10.3 Å². The number of carbonyl (C=O) groups is 1. The largest absolute Gasteiger partial charge is 0.436 e. The molecule has 30 heavy (non-hydrogen) atoms. The number of oxazole rings is 1. The van der Waals surface area contributed by atoms with E-state index < -0.39 is 0 Å². The number of halogens is 1. The number of fused-ring (bicyclic) bond motifs is 1. The molecule has 0 saturated carbocycles. The molecule has 0 aliphatic heterocycles. The molecule has 0 bridgehead atoms. The van der Waals surface area contributed by atoms with Crippen molar-refractivity contribution < 1.29 is 9.21 Å². The lowest BCUT2D eigenvalue weighted by Gasteiger charge is -2.10. The number of amides is 1. The number of aromatic nitrogens is 1. The number of benzene rings is 3. The van der Waals surface area contributed by atoms with Crippen molar-refractivity contribution in [2.75, 3.05) is 5.32 Å². The van der Waals surface area contributed by atoms with Crippen LogP contribution in [0.15, 0.2) is 71.1 Å². The Balaban J connectivity index is 1.44. The fraction of sp³-hybridized carbons (Fsp3) is 0.0870. The molecule has 1 amide bonds. The molecule has 4 aromatic rings. The molecule has 0 saturated heterocycles. The van der Waals surface area contributed by atoms with Crippen LogP contribution >= 0.6 is 23.8 Å². The molecule has 3 aromatic carbocycles. The molecule has 4 rings (SSSR count). The van der Waals surface area contributed by atoms with Crippen LogP contribution < -0.4 is 10.6 Å². The summed E-state index contributed by atoms with van der Waals surface area (Å²) in [6.07, 6.45) is 0.950. The van der Waals surface area contributed by atoms with Gasteiger partial charge in [-0.15, -0.1) is 0 Å². The zero-order chi connectivity index (χ0) is 21.1. The zero-order valence-electron chi connectivity index (χ0n) is 16.1. The van der Waals surface area contributed by atoms with E-state index in [9.17, 15) is 4.79 Å². The number of thiocarbonyl (C=S) groups is 1. The molecule has 0 radical (unpaired) electrons. The Kier molecular flexibility index (Phi) is 5.79. The molecule has 1 heterocycles. The van der Waals surface area contributed by atoms with Gasteiger partial charge in [-0.25, -0.2) is 4.98 Å². The number of anilines is 1. The van der Waals surface area contributed by atoms with E-state index in [2.05, 4.69) is 22.5 Å². The highest BCUT2D eigenvalue weighted by Gasteiger charge is 2.12. The molecule has 5 nitrogen and oxygen atoms in total. The summed E-state index contributed by atoms with van der Waals surface area (Å²) in [6, 6.07) is 20.3. The lowest BCUT2D eigenvalue weighted by Crippen LogP contribution is -2.34. The van der Waals surface area contributed by atoms with Gasteiger partial charge < -0.3 is 9.73 Å². The SMILES string of the molecule is CCc1ccc2oc(-c3ccc(NC(=S)NC(=O)c4ccccc4Cl)cc3)nc2c1. The van der Waals surface area contributed by atoms with Crippen molar-refractivity contribution >= 4 is 51.6 Å². The highest BCUT2D eigenvalue weighted by Crippen LogP contribution is 2.26. The van der Waals surface area contributed by atoms with Gasteiger partial charge >= 0.3 is 0 Å². The average Bonchev–Trinajstić information content (AvgIpc) is 3.17. The minimum atomic E-state index is -0.368. The number of nitrogens with one attached hydrogen (secondary N) is 2. The maximum absolute atomic E-state index is 12.3. The summed E-state index contributed by atoms with van der Waals surface area (Å²) in [5.41, 5.74) is 4.76. The predicted octanol–water partition coefficient (Wildman–Crippen LogP) is 5.84. The minimum absolute atomic E-state index is 0.182. The smallest absolute Gasteiger partial charge is 0.258 e. The Morgan fingerprint density at radius 1 is 1.10 bits per heavy atom. The second-order valence-electron chi connectivity index (χ2n) is 6.64. The van der Waals surface area contributed by atoms with Crippen molar-refractivity contribution in [1.29, 1.82) is 0 Å². The third-order valence-electron chi connectivity index (χ3n) is 4.60. The van der Waals surface area contributed by atoms with Gasteiger partial charge in [-0.2, -0.15) is 0 Å². The van der Waals surface area contributed by atoms with E-state index in [1.54, 1.807) is 24.3 Å². The monoisotopic (exact) mass is 435 g/mol. The van der Waals surface area contributed by atoms with Gasteiger partial charge in [0.05, 0.1) is 10.6 Å². The van der Waals surface area contributed by atoms with Crippen LogP contribution in [0.3, 0.4) is 0 Å². The fourth-order valence-corrected chi connectivity index (χ4v) is 3.42. The van der Waals surface area contributed by atoms with E-state index >= 15 is 0 Å². The Labute approximate surface area is 184 Å². The second-order valence-corrected chi connectivity index (χ2v) is 7.46. The van der Waals surface area contributed by atoms with E-state index in [4.69, 9.17) is 28.2 Å². The third-order valence-corrected chi connectivity index (χ3v) is 5.13. The average molecular weight is 436 g/mol. The maximum Gasteiger partial charge on any atom is 0.258 e. The van der Waals surface area contributed by atoms with Crippen LogP contribution in [0.1, 0.15) is 22.8 Å². The molecule has 150 valence electrons. The molecular formula is C23H18ClN3O2S. The number of nitrogens with zero attached hydrogens (tertiary/aromatic N) is 1. The Hall–Kier alpha value is -3.22. The fourth-order valence-electron chi connectivity index (χ4n) is 2.99. The first kappa shape index (κ1) is 20.1. The van der Waals surface area contributed by atoms with E-state index in [0.717, 1.165) is 28.8 Å². The summed E-state index contributed by atoms with van der Waals surface area (Å²) < 4.78 is 5.86. The first-order valence-electron chi connectivity index (χ1n) is 9.40. The van der Waals surface area contributed by atoms with Gasteiger partial charge in [0.15, 0.2) is 10.7 Å². The minimum Gasteiger partial charge on any atom is -0.436 e. The van der Waals surface area contributed by atoms with Gasteiger partial charge in [0.1, 0.15) is 5.52 Å². The van der Waals surface area contributed by atoms with E-state index in [1.807, 2.05) is 42.5 Å². The highest BCUT2D eigenvalue weighted by atomic mass is 35.5. The molecule has 0 aliphatic carbocycles. The number of rotatable bonds is 4. The lowest BCUT2D eigenvalue weighted by atomic mass is 10.1. The number of hydrogen-bond donors (Lipinski definition) is 2. The van der Waals surface area contributed by atoms with Crippen LogP contribution in [-0.4, -0.2) is 16.0 Å². The van der Waals surface area contributed by atoms with Gasteiger partial charge in [-0.3, -0.25) is 10.1 Å². The van der Waals surface area contributed by atoms with Crippen LogP contribution in [-0.2, 0) is 6.42 Å². The lowest BCUT2D eigenvalue weighted by molar-refractivity contribution is 0.0978. The van der Waals surface area contributed by atoms with Crippen molar-refractivity contribution in [2.24, 2.45) is 0 Å². The summed E-state index contributed by atoms with van der Waals surface area (Å²) in [5, 5.41) is 6.16. The van der Waals surface area contributed by atoms with Gasteiger partial charge in [-0.1, -0.05) is 36.7 Å². The normalized spacial score (nSPS) is 10.7. The van der Waals surface area contributed by atoms with Crippen LogP contribution in [0.5, 0.6) is 0 Å². The Morgan fingerprint density at radius 3 is 2.60 bits per heavy atom. The van der Waals surface area contributed by atoms with Gasteiger partial charge in [0.25, 0.3) is 5.91 Å². The van der Waals surface area contributed by atoms with Gasteiger partial charge in [0, 0.05) is 11.3 Å². The molecule has 0 atom stereocenters. The zero-order valence-corrected chi connectivity index (χ0v) is 17.7. The van der Waals surface area contributed by atoms with E-state index in [1.165, 1.54) is 5.56 Å². The first-order chi connectivity index (χ1) is 14.5. The van der Waals surface area contributed by atoms with Crippen molar-refractivity contribution in [3.63, 3.8) is 0 Å². The van der Waals surface area contributed by atoms with Crippen molar-refractivity contribution in [2.45, 2.75) is 13.3 Å². The van der Waals surface area contributed by atoms with Crippen molar-refractivity contribution in [3.8, 4) is 11.5 Å². The Morgan fingerprint density at radius 2 is 1.87 bits per heavy atom. The summed E-state index contributed by atoms with van der Waals surface area (Å²) in [7, 11) is 0. The van der Waals surface area contributed by atoms with Gasteiger partial charge in [-0.05, 0) is 72.7 Å². The van der Waals surface area contributed by atoms with Crippen LogP contribution in [0.25, 0.3) is 22.6 Å². The topological polar surface area (TPSA) is 67.2 Å². The molecule has 0 fully saturated rings. The summed E-state index contributed by atoms with van der Waals surface area (Å²) in [4.78, 5) is 16.9. The quantitative estimate of drug-likeness (QED) is 0.394. The maximum atomic E-state index is 12.3. The molecule has 2 N–H and O–H groups in total. The van der Waals surface area contributed by atoms with E-state index in [0.29, 0.717) is 16.5 Å². The van der Waals surface area contributed by atoms with Crippen LogP contribution in [0.2, 0.25) is 5.02 Å². The number of carbonyl (C=O) groups excluding carboxylic acids is 1. The van der Waals surface area contributed by atoms with Gasteiger partial charge in [0.2, 0.25) is 5.89 Å².